The number of hydrogen-bond acceptors (Lipinski definition) is 1. The van der Waals surface area contributed by atoms with Gasteiger partial charge < -0.3 is 0 Å². The van der Waals surface area contributed by atoms with Crippen molar-refractivity contribution >= 4 is 5.78 Å². The molecule has 1 aliphatic carbocycles. The summed E-state index contributed by atoms with van der Waals surface area (Å²) in [5.74, 6) is 0.448. The van der Waals surface area contributed by atoms with Crippen LogP contribution in [0, 0.1) is 11.3 Å². The first kappa shape index (κ1) is 11.2. The second kappa shape index (κ2) is 4.12. The number of carbonyl (C=O) groups excluding carboxylic acids is 1. The molecule has 1 heteroatoms. The molecule has 0 aromatic rings. The Hall–Kier alpha value is -0.850. The lowest BCUT2D eigenvalue weighted by Crippen LogP contribution is -2.32. The van der Waals surface area contributed by atoms with Crippen molar-refractivity contribution in [3.05, 3.63) is 23.8 Å². The van der Waals surface area contributed by atoms with Gasteiger partial charge in [0, 0.05) is 5.92 Å². The molecule has 0 aromatic heterocycles. The highest BCUT2D eigenvalue weighted by molar-refractivity contribution is 5.92. The van der Waals surface area contributed by atoms with Gasteiger partial charge in [-0.3, -0.25) is 4.79 Å². The average molecular weight is 192 g/mol. The maximum atomic E-state index is 11.8. The van der Waals surface area contributed by atoms with Gasteiger partial charge in [-0.2, -0.15) is 0 Å². The van der Waals surface area contributed by atoms with E-state index in [-0.39, 0.29) is 17.1 Å². The van der Waals surface area contributed by atoms with Gasteiger partial charge in [0.05, 0.1) is 0 Å². The number of carbonyl (C=O) groups is 1. The van der Waals surface area contributed by atoms with Gasteiger partial charge in [0.15, 0.2) is 5.78 Å². The predicted molar refractivity (Wildman–Crippen MR) is 60.1 cm³/mol. The second-order valence-electron chi connectivity index (χ2n) is 4.91. The van der Waals surface area contributed by atoms with Crippen molar-refractivity contribution in [2.75, 3.05) is 0 Å². The second-order valence-corrected chi connectivity index (χ2v) is 4.91. The zero-order chi connectivity index (χ0) is 10.8. The zero-order valence-electron chi connectivity index (χ0n) is 9.63. The van der Waals surface area contributed by atoms with E-state index in [1.807, 2.05) is 13.0 Å². The van der Waals surface area contributed by atoms with Crippen molar-refractivity contribution in [2.24, 2.45) is 11.3 Å². The van der Waals surface area contributed by atoms with E-state index in [1.165, 1.54) is 5.57 Å². The third-order valence-electron chi connectivity index (χ3n) is 3.05. The molecule has 0 N–H and O–H groups in total. The lowest BCUT2D eigenvalue weighted by molar-refractivity contribution is -0.121. The van der Waals surface area contributed by atoms with Crippen LogP contribution in [0.1, 0.15) is 40.5 Å². The van der Waals surface area contributed by atoms with Gasteiger partial charge in [0.2, 0.25) is 0 Å². The van der Waals surface area contributed by atoms with Crippen molar-refractivity contribution in [1.29, 1.82) is 0 Å². The Morgan fingerprint density at radius 2 is 2.21 bits per heavy atom. The molecular formula is C13H20O. The van der Waals surface area contributed by atoms with Gasteiger partial charge in [-0.05, 0) is 38.2 Å². The van der Waals surface area contributed by atoms with Gasteiger partial charge in [-0.1, -0.05) is 31.6 Å². The molecule has 0 aromatic carbocycles. The fourth-order valence-corrected chi connectivity index (χ4v) is 2.33. The number of ketones is 1. The van der Waals surface area contributed by atoms with E-state index in [1.54, 1.807) is 6.08 Å². The lowest BCUT2D eigenvalue weighted by atomic mass is 9.67. The summed E-state index contributed by atoms with van der Waals surface area (Å²) in [5.41, 5.74) is 1.54. The van der Waals surface area contributed by atoms with Crippen molar-refractivity contribution in [3.8, 4) is 0 Å². The largest absolute Gasteiger partial charge is 0.295 e. The first-order valence-electron chi connectivity index (χ1n) is 5.29. The van der Waals surface area contributed by atoms with Gasteiger partial charge in [-0.25, -0.2) is 0 Å². The van der Waals surface area contributed by atoms with Crippen LogP contribution >= 0.6 is 0 Å². The summed E-state index contributed by atoms with van der Waals surface area (Å²) in [4.78, 5) is 11.8. The van der Waals surface area contributed by atoms with E-state index in [0.29, 0.717) is 0 Å². The highest BCUT2D eigenvalue weighted by Crippen LogP contribution is 2.40. The maximum absolute atomic E-state index is 11.8. The molecule has 1 rings (SSSR count). The van der Waals surface area contributed by atoms with Crippen LogP contribution in [0.5, 0.6) is 0 Å². The van der Waals surface area contributed by atoms with Crippen LogP contribution in [0.15, 0.2) is 23.8 Å². The van der Waals surface area contributed by atoms with Crippen LogP contribution < -0.4 is 0 Å². The van der Waals surface area contributed by atoms with Gasteiger partial charge >= 0.3 is 0 Å². The fraction of sp³-hybridized carbons (Fsp3) is 0.615. The minimum absolute atomic E-state index is 0.120. The highest BCUT2D eigenvalue weighted by Gasteiger charge is 2.35. The molecule has 0 spiro atoms. The molecule has 0 saturated heterocycles. The zero-order valence-corrected chi connectivity index (χ0v) is 9.63. The molecule has 14 heavy (non-hydrogen) atoms. The van der Waals surface area contributed by atoms with Crippen LogP contribution in [-0.2, 0) is 4.79 Å². The molecule has 0 saturated carbocycles. The van der Waals surface area contributed by atoms with Crippen LogP contribution in [0.4, 0.5) is 0 Å². The minimum atomic E-state index is 0.120. The Balaban J connectivity index is 2.85. The summed E-state index contributed by atoms with van der Waals surface area (Å²) in [5, 5.41) is 0. The molecule has 0 unspecified atom stereocenters. The summed E-state index contributed by atoms with van der Waals surface area (Å²) < 4.78 is 0. The smallest absolute Gasteiger partial charge is 0.159 e. The Morgan fingerprint density at radius 3 is 2.71 bits per heavy atom. The van der Waals surface area contributed by atoms with Crippen molar-refractivity contribution in [3.63, 3.8) is 0 Å². The van der Waals surface area contributed by atoms with E-state index >= 15 is 0 Å². The Labute approximate surface area is 86.9 Å². The molecule has 0 radical (unpaired) electrons. The third-order valence-corrected chi connectivity index (χ3v) is 3.05. The number of allylic oxidation sites excluding steroid dienone is 4. The molecule has 0 amide bonds. The topological polar surface area (TPSA) is 17.1 Å². The number of rotatable bonds is 2. The van der Waals surface area contributed by atoms with Crippen LogP contribution in [0.25, 0.3) is 0 Å². The van der Waals surface area contributed by atoms with E-state index in [2.05, 4.69) is 26.8 Å². The molecule has 0 fully saturated rings. The normalized spacial score (nSPS) is 26.3. The summed E-state index contributed by atoms with van der Waals surface area (Å²) in [7, 11) is 0. The van der Waals surface area contributed by atoms with E-state index < -0.39 is 0 Å². The van der Waals surface area contributed by atoms with E-state index in [0.717, 1.165) is 12.8 Å². The lowest BCUT2D eigenvalue weighted by Gasteiger charge is -2.36. The highest BCUT2D eigenvalue weighted by atomic mass is 16.1. The molecular weight excluding hydrogens is 172 g/mol. The molecule has 1 atom stereocenters. The van der Waals surface area contributed by atoms with Crippen molar-refractivity contribution in [1.82, 2.24) is 0 Å². The van der Waals surface area contributed by atoms with Crippen LogP contribution in [-0.4, -0.2) is 5.78 Å². The van der Waals surface area contributed by atoms with Crippen molar-refractivity contribution < 1.29 is 4.79 Å². The fourth-order valence-electron chi connectivity index (χ4n) is 2.33. The van der Waals surface area contributed by atoms with Gasteiger partial charge in [0.25, 0.3) is 0 Å². The number of hydrogen-bond donors (Lipinski definition) is 0. The first-order chi connectivity index (χ1) is 6.47. The van der Waals surface area contributed by atoms with E-state index in [4.69, 9.17) is 0 Å². The third kappa shape index (κ3) is 2.34. The quantitative estimate of drug-likeness (QED) is 0.483. The molecule has 0 heterocycles. The SMILES string of the molecule is C/C=C\C(=O)[C@@H]1CC=C(C)CC1(C)C. The average Bonchev–Trinajstić information content (AvgIpc) is 2.01. The summed E-state index contributed by atoms with van der Waals surface area (Å²) in [6, 6.07) is 0. The Bertz CT molecular complexity index is 282. The molecule has 0 aliphatic heterocycles. The predicted octanol–water partition coefficient (Wildman–Crippen LogP) is 3.51. The van der Waals surface area contributed by atoms with Gasteiger partial charge in [-0.15, -0.1) is 0 Å². The van der Waals surface area contributed by atoms with Gasteiger partial charge in [0.1, 0.15) is 0 Å². The van der Waals surface area contributed by atoms with Crippen LogP contribution in [0.3, 0.4) is 0 Å². The summed E-state index contributed by atoms with van der Waals surface area (Å²) in [6.07, 6.45) is 7.70. The summed E-state index contributed by atoms with van der Waals surface area (Å²) >= 11 is 0. The maximum Gasteiger partial charge on any atom is 0.159 e. The molecule has 78 valence electrons. The minimum Gasteiger partial charge on any atom is -0.295 e. The summed E-state index contributed by atoms with van der Waals surface area (Å²) in [6.45, 7) is 8.43. The standard InChI is InChI=1S/C13H20O/c1-5-6-12(14)11-8-7-10(2)9-13(11,3)4/h5-7,11H,8-9H2,1-4H3/b6-5-/t11-/m0/s1. The molecule has 0 bridgehead atoms. The van der Waals surface area contributed by atoms with Crippen LogP contribution in [0.2, 0.25) is 0 Å². The first-order valence-corrected chi connectivity index (χ1v) is 5.29. The molecule has 1 nitrogen and oxygen atoms in total. The monoisotopic (exact) mass is 192 g/mol. The Morgan fingerprint density at radius 1 is 1.57 bits per heavy atom. The molecule has 1 aliphatic rings. The van der Waals surface area contributed by atoms with E-state index in [9.17, 15) is 4.79 Å². The Kier molecular flexibility index (Phi) is 3.30. The van der Waals surface area contributed by atoms with Crippen molar-refractivity contribution in [2.45, 2.75) is 40.5 Å².